The third-order valence-electron chi connectivity index (χ3n) is 2.54. The molecule has 0 bridgehead atoms. The van der Waals surface area contributed by atoms with Gasteiger partial charge in [-0.05, 0) is 31.2 Å². The number of carboxylic acid groups (broad SMARTS) is 1. The van der Waals surface area contributed by atoms with E-state index >= 15 is 0 Å². The molecule has 7 nitrogen and oxygen atoms in total. The molecule has 0 aliphatic carbocycles. The van der Waals surface area contributed by atoms with Crippen LogP contribution < -0.4 is 0 Å². The molecular formula is C14H12N2O5S. The van der Waals surface area contributed by atoms with Gasteiger partial charge in [-0.2, -0.15) is 0 Å². The molecule has 2 aromatic carbocycles. The fourth-order valence-corrected chi connectivity index (χ4v) is 1.85. The molecule has 0 fully saturated rings. The van der Waals surface area contributed by atoms with E-state index < -0.39 is 16.1 Å². The number of carbonyl (C=O) groups is 1. The van der Waals surface area contributed by atoms with E-state index in [0.29, 0.717) is 5.69 Å². The van der Waals surface area contributed by atoms with Crippen LogP contribution in [0.3, 0.4) is 0 Å². The van der Waals surface area contributed by atoms with Gasteiger partial charge in [-0.25, -0.2) is 13.2 Å². The van der Waals surface area contributed by atoms with Crippen LogP contribution in [0.15, 0.2) is 53.4 Å². The largest absolute Gasteiger partial charge is 0.744 e. The molecule has 8 heteroatoms. The smallest absolute Gasteiger partial charge is 0.385 e. The summed E-state index contributed by atoms with van der Waals surface area (Å²) in [4.78, 5) is 13.0. The minimum absolute atomic E-state index is 0.178. The lowest BCUT2D eigenvalue weighted by atomic mass is 10.2. The molecule has 0 aliphatic rings. The summed E-state index contributed by atoms with van der Waals surface area (Å²) in [5.41, 5.74) is 1.45. The average Bonchev–Trinajstić information content (AvgIpc) is 2.47. The van der Waals surface area contributed by atoms with Gasteiger partial charge in [0.05, 0.1) is 10.5 Å². The Kier molecular flexibility index (Phi) is 5.74. The second kappa shape index (κ2) is 7.31. The van der Waals surface area contributed by atoms with Crippen LogP contribution in [0.2, 0.25) is 0 Å². The normalized spacial score (nSPS) is 10.0. The summed E-state index contributed by atoms with van der Waals surface area (Å²) in [6.07, 6.45) is 0. The number of aromatic carboxylic acids is 1. The van der Waals surface area contributed by atoms with Crippen LogP contribution in [0.4, 0.5) is 5.69 Å². The minimum Gasteiger partial charge on any atom is -0.744 e. The first kappa shape index (κ1) is 17.3. The Hall–Kier alpha value is -2.76. The van der Waals surface area contributed by atoms with Crippen molar-refractivity contribution in [3.8, 4) is 0 Å². The van der Waals surface area contributed by atoms with Gasteiger partial charge in [0.1, 0.15) is 10.1 Å². The van der Waals surface area contributed by atoms with Crippen LogP contribution in [0.25, 0.3) is 4.98 Å². The predicted molar refractivity (Wildman–Crippen MR) is 77.3 cm³/mol. The molecule has 2 rings (SSSR count). The lowest BCUT2D eigenvalue weighted by Crippen LogP contribution is -1.97. The third-order valence-corrected chi connectivity index (χ3v) is 3.39. The van der Waals surface area contributed by atoms with Gasteiger partial charge in [0.25, 0.3) is 0 Å². The quantitative estimate of drug-likeness (QED) is 0.670. The van der Waals surface area contributed by atoms with Crippen molar-refractivity contribution in [1.29, 1.82) is 5.39 Å². The monoisotopic (exact) mass is 320 g/mol. The zero-order valence-corrected chi connectivity index (χ0v) is 12.3. The van der Waals surface area contributed by atoms with Gasteiger partial charge in [0.2, 0.25) is 5.39 Å². The SMILES string of the molecule is Cc1ccc(S(=O)(=O)[O-])cc1.N#[N+]c1ccc(C(=O)O)cc1. The number of nitrogens with zero attached hydrogens (tertiary/aromatic N) is 2. The lowest BCUT2D eigenvalue weighted by molar-refractivity contribution is 0.0697. The molecule has 0 heterocycles. The highest BCUT2D eigenvalue weighted by Crippen LogP contribution is 2.12. The summed E-state index contributed by atoms with van der Waals surface area (Å²) in [5, 5.41) is 16.7. The van der Waals surface area contributed by atoms with Gasteiger partial charge in [-0.3, -0.25) is 0 Å². The van der Waals surface area contributed by atoms with Gasteiger partial charge >= 0.3 is 11.7 Å². The van der Waals surface area contributed by atoms with Gasteiger partial charge in [-0.15, -0.1) is 0 Å². The molecule has 22 heavy (non-hydrogen) atoms. The molecule has 0 saturated heterocycles. The van der Waals surface area contributed by atoms with Gasteiger partial charge in [0, 0.05) is 12.1 Å². The highest BCUT2D eigenvalue weighted by Gasteiger charge is 2.06. The Morgan fingerprint density at radius 3 is 1.95 bits per heavy atom. The van der Waals surface area contributed by atoms with Crippen LogP contribution in [-0.2, 0) is 10.1 Å². The number of hydrogen-bond donors (Lipinski definition) is 1. The zero-order chi connectivity index (χ0) is 16.8. The minimum atomic E-state index is -4.27. The summed E-state index contributed by atoms with van der Waals surface area (Å²) in [5.74, 6) is -0.991. The number of aryl methyl sites for hydroxylation is 1. The van der Waals surface area contributed by atoms with E-state index in [9.17, 15) is 17.8 Å². The van der Waals surface area contributed by atoms with E-state index in [2.05, 4.69) is 4.98 Å². The Morgan fingerprint density at radius 1 is 1.09 bits per heavy atom. The molecule has 0 saturated carbocycles. The second-order valence-electron chi connectivity index (χ2n) is 4.22. The molecular weight excluding hydrogens is 308 g/mol. The Bertz CT molecular complexity index is 791. The van der Waals surface area contributed by atoms with Crippen LogP contribution in [0, 0.1) is 12.3 Å². The van der Waals surface area contributed by atoms with Gasteiger partial charge in [0.15, 0.2) is 4.98 Å². The number of benzene rings is 2. The topological polar surface area (TPSA) is 123 Å². The molecule has 0 aromatic heterocycles. The highest BCUT2D eigenvalue weighted by atomic mass is 32.2. The number of carboxylic acids is 1. The van der Waals surface area contributed by atoms with Crippen LogP contribution >= 0.6 is 0 Å². The Balaban J connectivity index is 0.000000220. The summed E-state index contributed by atoms with van der Waals surface area (Å²) >= 11 is 0. The zero-order valence-electron chi connectivity index (χ0n) is 11.5. The second-order valence-corrected chi connectivity index (χ2v) is 5.60. The van der Waals surface area contributed by atoms with Crippen molar-refractivity contribution in [2.24, 2.45) is 0 Å². The van der Waals surface area contributed by atoms with Crippen molar-refractivity contribution >= 4 is 21.8 Å². The first-order valence-electron chi connectivity index (χ1n) is 5.95. The first-order chi connectivity index (χ1) is 10.2. The van der Waals surface area contributed by atoms with Crippen LogP contribution in [0.5, 0.6) is 0 Å². The van der Waals surface area contributed by atoms with Crippen molar-refractivity contribution in [2.75, 3.05) is 0 Å². The van der Waals surface area contributed by atoms with Crippen LogP contribution in [-0.4, -0.2) is 24.0 Å². The van der Waals surface area contributed by atoms with E-state index in [0.717, 1.165) is 5.56 Å². The number of hydrogen-bond acceptors (Lipinski definition) is 5. The van der Waals surface area contributed by atoms with Gasteiger partial charge in [-0.1, -0.05) is 17.7 Å². The van der Waals surface area contributed by atoms with E-state index in [4.69, 9.17) is 10.5 Å². The molecule has 0 unspecified atom stereocenters. The maximum atomic E-state index is 10.4. The maximum Gasteiger partial charge on any atom is 0.385 e. The molecule has 2 aromatic rings. The summed E-state index contributed by atoms with van der Waals surface area (Å²) in [6, 6.07) is 11.4. The van der Waals surface area contributed by atoms with Crippen molar-refractivity contribution in [1.82, 2.24) is 0 Å². The molecule has 0 aliphatic heterocycles. The first-order valence-corrected chi connectivity index (χ1v) is 7.36. The molecule has 0 atom stereocenters. The van der Waals surface area contributed by atoms with Crippen molar-refractivity contribution in [2.45, 2.75) is 11.8 Å². The van der Waals surface area contributed by atoms with E-state index in [1.54, 1.807) is 12.1 Å². The molecule has 0 spiro atoms. The standard InChI is InChI=1S/C7H4N2O2.C7H8O3S/c8-9-6-3-1-5(2-4-6)7(10)11;1-6-2-4-7(5-3-6)11(8,9)10/h1-4H;2-5H,1H3,(H,8,9,10). The lowest BCUT2D eigenvalue weighted by Gasteiger charge is -2.05. The summed E-state index contributed by atoms with van der Waals surface area (Å²) in [6.45, 7) is 1.82. The third kappa shape index (κ3) is 5.32. The molecule has 114 valence electrons. The van der Waals surface area contributed by atoms with Crippen molar-refractivity contribution in [3.63, 3.8) is 0 Å². The Labute approximate surface area is 127 Å². The van der Waals surface area contributed by atoms with E-state index in [1.165, 1.54) is 36.4 Å². The fourth-order valence-electron chi connectivity index (χ4n) is 1.38. The van der Waals surface area contributed by atoms with E-state index in [1.807, 2.05) is 6.92 Å². The Morgan fingerprint density at radius 2 is 1.59 bits per heavy atom. The summed E-state index contributed by atoms with van der Waals surface area (Å²) < 4.78 is 31.2. The summed E-state index contributed by atoms with van der Waals surface area (Å²) in [7, 11) is -4.27. The van der Waals surface area contributed by atoms with Crippen molar-refractivity contribution < 1.29 is 22.9 Å². The molecule has 0 amide bonds. The predicted octanol–water partition coefficient (Wildman–Crippen LogP) is 2.77. The van der Waals surface area contributed by atoms with Crippen molar-refractivity contribution in [3.05, 3.63) is 64.6 Å². The molecule has 0 radical (unpaired) electrons. The molecule has 1 N–H and O–H groups in total. The fraction of sp³-hybridized carbons (Fsp3) is 0.0714. The number of rotatable bonds is 2. The van der Waals surface area contributed by atoms with Gasteiger partial charge < -0.3 is 9.66 Å². The van der Waals surface area contributed by atoms with Crippen LogP contribution in [0.1, 0.15) is 15.9 Å². The van der Waals surface area contributed by atoms with E-state index in [-0.39, 0.29) is 10.5 Å². The number of diazo groups is 1. The highest BCUT2D eigenvalue weighted by molar-refractivity contribution is 7.85. The average molecular weight is 320 g/mol. The maximum absolute atomic E-state index is 10.4.